The van der Waals surface area contributed by atoms with Crippen molar-refractivity contribution in [3.63, 3.8) is 0 Å². The molecule has 1 heterocycles. The SMILES string of the molecule is COC(C)c1ccccc1-c1nc[c]s1. The molecule has 15 heavy (non-hydrogen) atoms. The zero-order valence-corrected chi connectivity index (χ0v) is 9.54. The molecule has 0 amide bonds. The number of hydrogen-bond donors (Lipinski definition) is 0. The largest absolute Gasteiger partial charge is 0.377 e. The second kappa shape index (κ2) is 4.55. The van der Waals surface area contributed by atoms with Gasteiger partial charge >= 0.3 is 0 Å². The zero-order chi connectivity index (χ0) is 10.7. The van der Waals surface area contributed by atoms with Crippen molar-refractivity contribution in [2.24, 2.45) is 0 Å². The van der Waals surface area contributed by atoms with Crippen molar-refractivity contribution in [1.82, 2.24) is 4.98 Å². The van der Waals surface area contributed by atoms with Gasteiger partial charge in [0.05, 0.1) is 11.5 Å². The van der Waals surface area contributed by atoms with Crippen molar-refractivity contribution < 1.29 is 4.74 Å². The Kier molecular flexibility index (Phi) is 3.14. The van der Waals surface area contributed by atoms with Crippen LogP contribution in [0.25, 0.3) is 10.6 Å². The molecule has 77 valence electrons. The van der Waals surface area contributed by atoms with Gasteiger partial charge in [0.1, 0.15) is 5.01 Å². The predicted octanol–water partition coefficient (Wildman–Crippen LogP) is 3.32. The number of benzene rings is 1. The highest BCUT2D eigenvalue weighted by Gasteiger charge is 2.11. The number of rotatable bonds is 3. The Labute approximate surface area is 93.6 Å². The Morgan fingerprint density at radius 3 is 2.87 bits per heavy atom. The van der Waals surface area contributed by atoms with Gasteiger partial charge in [0.2, 0.25) is 0 Å². The fraction of sp³-hybridized carbons (Fsp3) is 0.250. The lowest BCUT2D eigenvalue weighted by atomic mass is 10.0. The summed E-state index contributed by atoms with van der Waals surface area (Å²) in [6.07, 6.45) is 1.79. The van der Waals surface area contributed by atoms with Crippen molar-refractivity contribution in [3.05, 3.63) is 41.4 Å². The van der Waals surface area contributed by atoms with E-state index in [-0.39, 0.29) is 6.10 Å². The van der Waals surface area contributed by atoms with Gasteiger partial charge in [0.25, 0.3) is 0 Å². The van der Waals surface area contributed by atoms with E-state index in [1.54, 1.807) is 13.3 Å². The molecule has 2 nitrogen and oxygen atoms in total. The minimum atomic E-state index is 0.0881. The topological polar surface area (TPSA) is 22.1 Å². The van der Waals surface area contributed by atoms with Crippen LogP contribution in [-0.4, -0.2) is 12.1 Å². The number of hydrogen-bond acceptors (Lipinski definition) is 3. The third-order valence-electron chi connectivity index (χ3n) is 2.37. The summed E-state index contributed by atoms with van der Waals surface area (Å²) in [5, 5.41) is 4.00. The van der Waals surface area contributed by atoms with Gasteiger partial charge in [0.15, 0.2) is 0 Å². The minimum Gasteiger partial charge on any atom is -0.377 e. The van der Waals surface area contributed by atoms with Gasteiger partial charge in [-0.05, 0) is 12.5 Å². The highest BCUT2D eigenvalue weighted by molar-refractivity contribution is 7.12. The molecule has 0 saturated carbocycles. The first kappa shape index (κ1) is 10.3. The maximum atomic E-state index is 5.34. The number of aromatic nitrogens is 1. The molecule has 0 spiro atoms. The van der Waals surface area contributed by atoms with E-state index in [4.69, 9.17) is 4.74 Å². The summed E-state index contributed by atoms with van der Waals surface area (Å²) in [6.45, 7) is 2.04. The second-order valence-electron chi connectivity index (χ2n) is 3.25. The summed E-state index contributed by atoms with van der Waals surface area (Å²) >= 11 is 1.53. The lowest BCUT2D eigenvalue weighted by Crippen LogP contribution is -1.98. The second-order valence-corrected chi connectivity index (χ2v) is 4.07. The molecule has 0 fully saturated rings. The molecule has 0 aliphatic carbocycles. The Balaban J connectivity index is 2.47. The molecule has 1 atom stereocenters. The molecule has 0 bridgehead atoms. The molecular weight excluding hydrogens is 206 g/mol. The van der Waals surface area contributed by atoms with E-state index < -0.39 is 0 Å². The predicted molar refractivity (Wildman–Crippen MR) is 61.8 cm³/mol. The summed E-state index contributed by atoms with van der Waals surface area (Å²) in [6, 6.07) is 8.18. The number of ether oxygens (including phenoxy) is 1. The maximum Gasteiger partial charge on any atom is 0.124 e. The Hall–Kier alpha value is -1.19. The van der Waals surface area contributed by atoms with Crippen molar-refractivity contribution in [2.45, 2.75) is 13.0 Å². The van der Waals surface area contributed by atoms with E-state index in [9.17, 15) is 0 Å². The average molecular weight is 218 g/mol. The van der Waals surface area contributed by atoms with Gasteiger partial charge < -0.3 is 4.74 Å². The van der Waals surface area contributed by atoms with Gasteiger partial charge in [-0.25, -0.2) is 4.98 Å². The molecule has 1 radical (unpaired) electrons. The van der Waals surface area contributed by atoms with Crippen LogP contribution >= 0.6 is 11.3 Å². The molecule has 1 aromatic heterocycles. The molecule has 2 aromatic rings. The van der Waals surface area contributed by atoms with Crippen LogP contribution < -0.4 is 0 Å². The summed E-state index contributed by atoms with van der Waals surface area (Å²) < 4.78 is 5.34. The highest BCUT2D eigenvalue weighted by Crippen LogP contribution is 2.30. The quantitative estimate of drug-likeness (QED) is 0.788. The van der Waals surface area contributed by atoms with Gasteiger partial charge in [-0.3, -0.25) is 0 Å². The molecule has 0 aliphatic rings. The first-order valence-corrected chi connectivity index (χ1v) is 5.58. The lowest BCUT2D eigenvalue weighted by Gasteiger charge is -2.13. The molecule has 3 heteroatoms. The van der Waals surface area contributed by atoms with Gasteiger partial charge in [0, 0.05) is 18.9 Å². The van der Waals surface area contributed by atoms with E-state index in [0.29, 0.717) is 0 Å². The van der Waals surface area contributed by atoms with Crippen molar-refractivity contribution >= 4 is 11.3 Å². The van der Waals surface area contributed by atoms with Crippen molar-refractivity contribution in [2.75, 3.05) is 7.11 Å². The zero-order valence-electron chi connectivity index (χ0n) is 8.73. The molecule has 0 aliphatic heterocycles. The van der Waals surface area contributed by atoms with Crippen LogP contribution in [0.15, 0.2) is 30.5 Å². The summed E-state index contributed by atoms with van der Waals surface area (Å²) in [5.41, 5.74) is 2.31. The van der Waals surface area contributed by atoms with Crippen molar-refractivity contribution in [1.29, 1.82) is 0 Å². The van der Waals surface area contributed by atoms with Gasteiger partial charge in [-0.2, -0.15) is 0 Å². The van der Waals surface area contributed by atoms with Crippen LogP contribution in [0, 0.1) is 5.38 Å². The molecular formula is C12H12NOS. The first-order chi connectivity index (χ1) is 7.33. The van der Waals surface area contributed by atoms with E-state index >= 15 is 0 Å². The van der Waals surface area contributed by atoms with Crippen LogP contribution in [0.4, 0.5) is 0 Å². The monoisotopic (exact) mass is 218 g/mol. The van der Waals surface area contributed by atoms with Crippen LogP contribution in [-0.2, 0) is 4.74 Å². The average Bonchev–Trinajstić information content (AvgIpc) is 2.81. The van der Waals surface area contributed by atoms with Crippen LogP contribution in [0.1, 0.15) is 18.6 Å². The van der Waals surface area contributed by atoms with Crippen LogP contribution in [0.3, 0.4) is 0 Å². The lowest BCUT2D eigenvalue weighted by molar-refractivity contribution is 0.120. The Bertz CT molecular complexity index is 425. The Morgan fingerprint density at radius 1 is 1.40 bits per heavy atom. The third-order valence-corrected chi connectivity index (χ3v) is 3.11. The van der Waals surface area contributed by atoms with Crippen LogP contribution in [0.5, 0.6) is 0 Å². The number of thiazole rings is 1. The number of nitrogens with zero attached hydrogens (tertiary/aromatic N) is 1. The fourth-order valence-corrected chi connectivity index (χ4v) is 2.11. The minimum absolute atomic E-state index is 0.0881. The smallest absolute Gasteiger partial charge is 0.124 e. The number of methoxy groups -OCH3 is 1. The molecule has 2 rings (SSSR count). The molecule has 0 saturated heterocycles. The highest BCUT2D eigenvalue weighted by atomic mass is 32.1. The maximum absolute atomic E-state index is 5.34. The van der Waals surface area contributed by atoms with E-state index in [1.165, 1.54) is 16.9 Å². The standard InChI is InChI=1S/C12H12NOS/c1-9(14-2)10-5-3-4-6-11(10)12-13-7-8-15-12/h3-7,9H,1-2H3. The third kappa shape index (κ3) is 2.08. The molecule has 1 aromatic carbocycles. The van der Waals surface area contributed by atoms with Gasteiger partial charge in [-0.1, -0.05) is 24.3 Å². The molecule has 1 unspecified atom stereocenters. The summed E-state index contributed by atoms with van der Waals surface area (Å²) in [7, 11) is 1.72. The summed E-state index contributed by atoms with van der Waals surface area (Å²) in [4.78, 5) is 4.27. The Morgan fingerprint density at radius 2 is 2.20 bits per heavy atom. The van der Waals surface area contributed by atoms with Crippen molar-refractivity contribution in [3.8, 4) is 10.6 Å². The van der Waals surface area contributed by atoms with Gasteiger partial charge in [-0.15, -0.1) is 11.3 Å². The van der Waals surface area contributed by atoms with E-state index in [0.717, 1.165) is 10.6 Å². The van der Waals surface area contributed by atoms with E-state index in [1.807, 2.05) is 19.1 Å². The fourth-order valence-electron chi connectivity index (χ4n) is 1.49. The van der Waals surface area contributed by atoms with Crippen LogP contribution in [0.2, 0.25) is 0 Å². The first-order valence-electron chi connectivity index (χ1n) is 4.77. The normalized spacial score (nSPS) is 12.7. The molecule has 0 N–H and O–H groups in total. The summed E-state index contributed by atoms with van der Waals surface area (Å²) in [5.74, 6) is 0. The van der Waals surface area contributed by atoms with E-state index in [2.05, 4.69) is 22.5 Å².